The third-order valence-electron chi connectivity index (χ3n) is 3.52. The number of aliphatic carboxylic acids is 1. The number of carboxylic acid groups (broad SMARTS) is 1. The van der Waals surface area contributed by atoms with Gasteiger partial charge < -0.3 is 10.4 Å². The van der Waals surface area contributed by atoms with Crippen LogP contribution in [0, 0.1) is 0 Å². The van der Waals surface area contributed by atoms with E-state index in [-0.39, 0.29) is 6.42 Å². The van der Waals surface area contributed by atoms with Gasteiger partial charge in [-0.25, -0.2) is 4.79 Å². The summed E-state index contributed by atoms with van der Waals surface area (Å²) in [6.45, 7) is 2.18. The lowest BCUT2D eigenvalue weighted by Crippen LogP contribution is -2.45. The summed E-state index contributed by atoms with van der Waals surface area (Å²) < 4.78 is 30.0. The maximum atomic E-state index is 11.6. The zero-order valence-electron chi connectivity index (χ0n) is 13.8. The van der Waals surface area contributed by atoms with Crippen LogP contribution in [0.25, 0.3) is 0 Å². The van der Waals surface area contributed by atoms with Crippen molar-refractivity contribution in [3.05, 3.63) is 0 Å². The van der Waals surface area contributed by atoms with Gasteiger partial charge in [0.15, 0.2) is 0 Å². The first-order valence-electron chi connectivity index (χ1n) is 8.23. The van der Waals surface area contributed by atoms with E-state index in [1.165, 1.54) is 32.1 Å². The van der Waals surface area contributed by atoms with Gasteiger partial charge in [-0.05, 0) is 6.42 Å². The van der Waals surface area contributed by atoms with Crippen LogP contribution in [0.3, 0.4) is 0 Å². The van der Waals surface area contributed by atoms with Crippen molar-refractivity contribution in [3.63, 3.8) is 0 Å². The van der Waals surface area contributed by atoms with Gasteiger partial charge in [0, 0.05) is 6.42 Å². The van der Waals surface area contributed by atoms with Crippen molar-refractivity contribution in [3.8, 4) is 0 Å². The van der Waals surface area contributed by atoms with Gasteiger partial charge in [0.05, 0.1) is 0 Å². The first-order chi connectivity index (χ1) is 10.8. The lowest BCUT2D eigenvalue weighted by Gasteiger charge is -2.12. The monoisotopic (exact) mass is 351 g/mol. The van der Waals surface area contributed by atoms with Gasteiger partial charge in [-0.3, -0.25) is 9.35 Å². The molecule has 0 aromatic carbocycles. The SMILES string of the molecule is CCCCCCCCCCCC(=O)N[C@H](CS(=O)(=O)O)C(=O)O. The molecule has 0 aromatic heterocycles. The molecule has 0 radical (unpaired) electrons. The van der Waals surface area contributed by atoms with E-state index in [4.69, 9.17) is 9.66 Å². The standard InChI is InChI=1S/C15H29NO6S/c1-2-3-4-5-6-7-8-9-10-11-14(17)16-13(15(18)19)12-23(20,21)22/h13H,2-12H2,1H3,(H,16,17)(H,18,19)(H,20,21,22)/t13-/m1/s1. The highest BCUT2D eigenvalue weighted by Gasteiger charge is 2.25. The maximum absolute atomic E-state index is 11.6. The molecule has 0 spiro atoms. The molecule has 0 bridgehead atoms. The van der Waals surface area contributed by atoms with Gasteiger partial charge in [0.25, 0.3) is 10.1 Å². The summed E-state index contributed by atoms with van der Waals surface area (Å²) in [7, 11) is -4.45. The predicted octanol–water partition coefficient (Wildman–Crippen LogP) is 2.36. The second-order valence-electron chi connectivity index (χ2n) is 5.79. The molecular weight excluding hydrogens is 322 g/mol. The lowest BCUT2D eigenvalue weighted by molar-refractivity contribution is -0.141. The Morgan fingerprint density at radius 3 is 1.87 bits per heavy atom. The van der Waals surface area contributed by atoms with Gasteiger partial charge in [0.2, 0.25) is 5.91 Å². The Hall–Kier alpha value is -1.15. The van der Waals surface area contributed by atoms with Crippen molar-refractivity contribution in [2.75, 3.05) is 5.75 Å². The fourth-order valence-corrected chi connectivity index (χ4v) is 2.90. The number of rotatable bonds is 14. The molecule has 8 heteroatoms. The molecule has 0 aromatic rings. The first-order valence-corrected chi connectivity index (χ1v) is 9.84. The predicted molar refractivity (Wildman–Crippen MR) is 87.8 cm³/mol. The summed E-state index contributed by atoms with van der Waals surface area (Å²) in [5, 5.41) is 10.9. The molecule has 0 rings (SSSR count). The number of carboxylic acids is 1. The Morgan fingerprint density at radius 2 is 1.43 bits per heavy atom. The number of amides is 1. The highest BCUT2D eigenvalue weighted by atomic mass is 32.2. The lowest BCUT2D eigenvalue weighted by atomic mass is 10.1. The van der Waals surface area contributed by atoms with Crippen LogP contribution in [-0.4, -0.2) is 41.7 Å². The van der Waals surface area contributed by atoms with E-state index in [1.54, 1.807) is 0 Å². The van der Waals surface area contributed by atoms with Gasteiger partial charge >= 0.3 is 5.97 Å². The summed E-state index contributed by atoms with van der Waals surface area (Å²) in [5.74, 6) is -3.02. The van der Waals surface area contributed by atoms with E-state index in [0.717, 1.165) is 19.3 Å². The van der Waals surface area contributed by atoms with Gasteiger partial charge in [0.1, 0.15) is 11.8 Å². The van der Waals surface area contributed by atoms with Gasteiger partial charge in [-0.15, -0.1) is 0 Å². The van der Waals surface area contributed by atoms with Gasteiger partial charge in [-0.2, -0.15) is 8.42 Å². The molecule has 0 unspecified atom stereocenters. The van der Waals surface area contributed by atoms with Crippen LogP contribution in [0.15, 0.2) is 0 Å². The van der Waals surface area contributed by atoms with E-state index in [1.807, 2.05) is 0 Å². The zero-order valence-corrected chi connectivity index (χ0v) is 14.6. The third-order valence-corrected chi connectivity index (χ3v) is 4.27. The average molecular weight is 351 g/mol. The molecule has 0 aliphatic carbocycles. The number of hydrogen-bond acceptors (Lipinski definition) is 4. The Labute approximate surface area is 138 Å². The highest BCUT2D eigenvalue weighted by Crippen LogP contribution is 2.10. The number of carbonyl (C=O) groups excluding carboxylic acids is 1. The summed E-state index contributed by atoms with van der Waals surface area (Å²) >= 11 is 0. The van der Waals surface area contributed by atoms with Crippen molar-refractivity contribution in [1.29, 1.82) is 0 Å². The Balaban J connectivity index is 3.78. The van der Waals surface area contributed by atoms with Crippen LogP contribution >= 0.6 is 0 Å². The van der Waals surface area contributed by atoms with Crippen molar-refractivity contribution in [2.45, 2.75) is 77.2 Å². The second-order valence-corrected chi connectivity index (χ2v) is 7.28. The minimum atomic E-state index is -4.45. The van der Waals surface area contributed by atoms with Crippen molar-refractivity contribution >= 4 is 22.0 Å². The minimum Gasteiger partial charge on any atom is -0.480 e. The maximum Gasteiger partial charge on any atom is 0.327 e. The van der Waals surface area contributed by atoms with E-state index in [2.05, 4.69) is 12.2 Å². The summed E-state index contributed by atoms with van der Waals surface area (Å²) in [6.07, 6.45) is 10.0. The smallest absolute Gasteiger partial charge is 0.327 e. The van der Waals surface area contributed by atoms with Crippen LogP contribution in [0.4, 0.5) is 0 Å². The quantitative estimate of drug-likeness (QED) is 0.326. The molecule has 136 valence electrons. The second kappa shape index (κ2) is 12.3. The molecule has 0 aliphatic heterocycles. The first kappa shape index (κ1) is 21.9. The molecule has 3 N–H and O–H groups in total. The Morgan fingerprint density at radius 1 is 0.957 bits per heavy atom. The van der Waals surface area contributed by atoms with E-state index < -0.39 is 33.8 Å². The topological polar surface area (TPSA) is 121 Å². The summed E-state index contributed by atoms with van der Waals surface area (Å²) in [5.41, 5.74) is 0. The largest absolute Gasteiger partial charge is 0.480 e. The number of carbonyl (C=O) groups is 2. The minimum absolute atomic E-state index is 0.158. The van der Waals surface area contributed by atoms with E-state index >= 15 is 0 Å². The molecular formula is C15H29NO6S. The molecule has 0 saturated carbocycles. The van der Waals surface area contributed by atoms with Crippen LogP contribution in [-0.2, 0) is 19.7 Å². The summed E-state index contributed by atoms with van der Waals surface area (Å²) in [6, 6.07) is -1.61. The van der Waals surface area contributed by atoms with Crippen LogP contribution in [0.1, 0.15) is 71.1 Å². The fraction of sp³-hybridized carbons (Fsp3) is 0.867. The van der Waals surface area contributed by atoms with Crippen LogP contribution < -0.4 is 5.32 Å². The number of unbranched alkanes of at least 4 members (excludes halogenated alkanes) is 8. The molecule has 23 heavy (non-hydrogen) atoms. The highest BCUT2D eigenvalue weighted by molar-refractivity contribution is 7.85. The normalized spacial score (nSPS) is 12.8. The molecule has 0 aliphatic rings. The average Bonchev–Trinajstić information content (AvgIpc) is 2.43. The van der Waals surface area contributed by atoms with Crippen molar-refractivity contribution < 1.29 is 27.7 Å². The molecule has 0 saturated heterocycles. The van der Waals surface area contributed by atoms with Crippen molar-refractivity contribution in [2.24, 2.45) is 0 Å². The van der Waals surface area contributed by atoms with Crippen molar-refractivity contribution in [1.82, 2.24) is 5.32 Å². The van der Waals surface area contributed by atoms with Crippen LogP contribution in [0.2, 0.25) is 0 Å². The number of nitrogens with one attached hydrogen (secondary N) is 1. The fourth-order valence-electron chi connectivity index (χ4n) is 2.25. The zero-order chi connectivity index (χ0) is 17.7. The summed E-state index contributed by atoms with van der Waals surface area (Å²) in [4.78, 5) is 22.4. The molecule has 0 fully saturated rings. The van der Waals surface area contributed by atoms with E-state index in [9.17, 15) is 18.0 Å². The molecule has 1 atom stereocenters. The Bertz CT molecular complexity index is 449. The van der Waals surface area contributed by atoms with Gasteiger partial charge in [-0.1, -0.05) is 58.3 Å². The number of hydrogen-bond donors (Lipinski definition) is 3. The van der Waals surface area contributed by atoms with E-state index in [0.29, 0.717) is 6.42 Å². The third kappa shape index (κ3) is 14.2. The Kier molecular flexibility index (Phi) is 11.7. The molecule has 1 amide bonds. The molecule has 0 heterocycles. The molecule has 7 nitrogen and oxygen atoms in total. The van der Waals surface area contributed by atoms with Crippen LogP contribution in [0.5, 0.6) is 0 Å².